The molecule has 0 bridgehead atoms. The number of rotatable bonds is 5. The molecule has 1 saturated heterocycles. The highest BCUT2D eigenvalue weighted by molar-refractivity contribution is 5.92. The van der Waals surface area contributed by atoms with Crippen molar-refractivity contribution in [2.24, 2.45) is 11.8 Å². The van der Waals surface area contributed by atoms with Crippen molar-refractivity contribution in [2.45, 2.75) is 43.4 Å². The van der Waals surface area contributed by atoms with Crippen molar-refractivity contribution in [2.75, 3.05) is 13.2 Å². The molecule has 0 radical (unpaired) electrons. The third-order valence-corrected chi connectivity index (χ3v) is 5.01. The second-order valence-corrected chi connectivity index (χ2v) is 6.54. The number of carboxylic acids is 1. The van der Waals surface area contributed by atoms with Gasteiger partial charge in [-0.2, -0.15) is 0 Å². The summed E-state index contributed by atoms with van der Waals surface area (Å²) >= 11 is 0. The monoisotopic (exact) mass is 374 g/mol. The van der Waals surface area contributed by atoms with E-state index in [1.807, 2.05) is 0 Å². The van der Waals surface area contributed by atoms with Gasteiger partial charge < -0.3 is 44.8 Å². The Morgan fingerprint density at radius 3 is 2.46 bits per heavy atom. The van der Waals surface area contributed by atoms with Gasteiger partial charge in [0.15, 0.2) is 6.29 Å². The van der Waals surface area contributed by atoms with Gasteiger partial charge >= 0.3 is 5.97 Å². The molecule has 146 valence electrons. The maximum atomic E-state index is 11.4. The van der Waals surface area contributed by atoms with Gasteiger partial charge in [-0.25, -0.2) is 4.79 Å². The number of ether oxygens (including phenoxy) is 3. The van der Waals surface area contributed by atoms with Crippen LogP contribution < -0.4 is 0 Å². The van der Waals surface area contributed by atoms with Gasteiger partial charge in [0.2, 0.25) is 6.29 Å². The highest BCUT2D eigenvalue weighted by Gasteiger charge is 2.49. The number of fused-ring (bicyclic) bond motifs is 1. The third-order valence-electron chi connectivity index (χ3n) is 5.01. The van der Waals surface area contributed by atoms with Gasteiger partial charge in [0.25, 0.3) is 0 Å². The molecule has 10 heteroatoms. The summed E-state index contributed by atoms with van der Waals surface area (Å²) in [5.74, 6) is -2.13. The Bertz CT molecular complexity index is 600. The van der Waals surface area contributed by atoms with E-state index in [1.165, 1.54) is 0 Å². The molecule has 6 N–H and O–H groups in total. The lowest BCUT2D eigenvalue weighted by atomic mass is 9.86. The molecule has 0 amide bonds. The van der Waals surface area contributed by atoms with Crippen molar-refractivity contribution in [1.29, 1.82) is 0 Å². The fourth-order valence-electron chi connectivity index (χ4n) is 3.55. The third kappa shape index (κ3) is 3.25. The first-order valence-corrected chi connectivity index (χ1v) is 8.25. The molecular formula is C16H22O10. The number of aliphatic hydroxyl groups excluding tert-OH is 5. The standard InChI is InChI=1S/C16H22O10/c17-3-6-1-2-7-8(14(22)23)5-24-15(10(6)7)26-16-13(21)12(20)11(19)9(4-18)25-16/h2,5-6,9-13,15-21H,1,3-4H2,(H,22,23). The SMILES string of the molecule is O=C(O)C1=COC(OC2OC(CO)C(O)C(O)C2O)C2C1=CCC2CO. The van der Waals surface area contributed by atoms with Gasteiger partial charge in [0.05, 0.1) is 18.1 Å². The van der Waals surface area contributed by atoms with Crippen LogP contribution in [0.25, 0.3) is 0 Å². The van der Waals surface area contributed by atoms with Crippen molar-refractivity contribution in [3.05, 3.63) is 23.5 Å². The Labute approximate surface area is 148 Å². The van der Waals surface area contributed by atoms with Crippen LogP contribution in [0.1, 0.15) is 6.42 Å². The number of allylic oxidation sites excluding steroid dienone is 1. The van der Waals surface area contributed by atoms with Crippen LogP contribution in [0.2, 0.25) is 0 Å². The number of hydrogen-bond acceptors (Lipinski definition) is 9. The van der Waals surface area contributed by atoms with Crippen LogP contribution in [0, 0.1) is 11.8 Å². The predicted molar refractivity (Wildman–Crippen MR) is 82.2 cm³/mol. The van der Waals surface area contributed by atoms with E-state index in [0.29, 0.717) is 12.0 Å². The maximum absolute atomic E-state index is 11.4. The van der Waals surface area contributed by atoms with Crippen LogP contribution in [0.5, 0.6) is 0 Å². The van der Waals surface area contributed by atoms with Crippen LogP contribution in [0.4, 0.5) is 0 Å². The zero-order chi connectivity index (χ0) is 19.0. The lowest BCUT2D eigenvalue weighted by Gasteiger charge is -2.42. The minimum absolute atomic E-state index is 0.0420. The van der Waals surface area contributed by atoms with Crippen LogP contribution in [-0.4, -0.2) is 86.8 Å². The summed E-state index contributed by atoms with van der Waals surface area (Å²) in [6, 6.07) is 0. The number of aliphatic hydroxyl groups is 5. The maximum Gasteiger partial charge on any atom is 0.339 e. The summed E-state index contributed by atoms with van der Waals surface area (Å²) in [5, 5.41) is 57.8. The summed E-state index contributed by atoms with van der Waals surface area (Å²) in [5.41, 5.74) is 0.414. The van der Waals surface area contributed by atoms with E-state index < -0.39 is 55.5 Å². The molecule has 26 heavy (non-hydrogen) atoms. The predicted octanol–water partition coefficient (Wildman–Crippen LogP) is -2.32. The lowest BCUT2D eigenvalue weighted by Crippen LogP contribution is -2.60. The molecular weight excluding hydrogens is 352 g/mol. The fraction of sp³-hybridized carbons (Fsp3) is 0.688. The second kappa shape index (κ2) is 7.61. The molecule has 1 aliphatic carbocycles. The molecule has 0 aromatic carbocycles. The molecule has 8 atom stereocenters. The summed E-state index contributed by atoms with van der Waals surface area (Å²) < 4.78 is 16.3. The summed E-state index contributed by atoms with van der Waals surface area (Å²) in [6.07, 6.45) is -5.22. The van der Waals surface area contributed by atoms with Gasteiger partial charge in [0.1, 0.15) is 30.7 Å². The Kier molecular flexibility index (Phi) is 5.63. The van der Waals surface area contributed by atoms with Crippen LogP contribution in [-0.2, 0) is 19.0 Å². The topological polar surface area (TPSA) is 166 Å². The summed E-state index contributed by atoms with van der Waals surface area (Å²) in [4.78, 5) is 11.4. The van der Waals surface area contributed by atoms with E-state index in [2.05, 4.69) is 0 Å². The molecule has 2 aliphatic heterocycles. The Balaban J connectivity index is 1.80. The average Bonchev–Trinajstić information content (AvgIpc) is 3.06. The number of carbonyl (C=O) groups is 1. The van der Waals surface area contributed by atoms with Crippen LogP contribution >= 0.6 is 0 Å². The zero-order valence-corrected chi connectivity index (χ0v) is 13.7. The molecule has 0 saturated carbocycles. The van der Waals surface area contributed by atoms with Crippen molar-refractivity contribution in [3.8, 4) is 0 Å². The van der Waals surface area contributed by atoms with Crippen molar-refractivity contribution in [1.82, 2.24) is 0 Å². The van der Waals surface area contributed by atoms with Crippen LogP contribution in [0.3, 0.4) is 0 Å². The molecule has 1 fully saturated rings. The molecule has 0 aromatic heterocycles. The van der Waals surface area contributed by atoms with Crippen molar-refractivity contribution < 1.29 is 49.6 Å². The van der Waals surface area contributed by atoms with Gasteiger partial charge in [0, 0.05) is 6.61 Å². The van der Waals surface area contributed by atoms with E-state index in [-0.39, 0.29) is 18.1 Å². The van der Waals surface area contributed by atoms with Crippen molar-refractivity contribution in [3.63, 3.8) is 0 Å². The van der Waals surface area contributed by atoms with E-state index in [0.717, 1.165) is 6.26 Å². The number of aliphatic carboxylic acids is 1. The molecule has 8 unspecified atom stereocenters. The number of hydrogen-bond donors (Lipinski definition) is 6. The Morgan fingerprint density at radius 2 is 1.85 bits per heavy atom. The Hall–Kier alpha value is -1.53. The number of carboxylic acid groups (broad SMARTS) is 1. The normalized spacial score (nSPS) is 42.5. The minimum Gasteiger partial charge on any atom is -0.478 e. The molecule has 2 heterocycles. The minimum atomic E-state index is -1.61. The van der Waals surface area contributed by atoms with E-state index >= 15 is 0 Å². The van der Waals surface area contributed by atoms with Crippen molar-refractivity contribution >= 4 is 5.97 Å². The van der Waals surface area contributed by atoms with E-state index in [1.54, 1.807) is 6.08 Å². The van der Waals surface area contributed by atoms with Gasteiger partial charge in [-0.1, -0.05) is 6.08 Å². The highest BCUT2D eigenvalue weighted by Crippen LogP contribution is 2.43. The Morgan fingerprint density at radius 1 is 1.12 bits per heavy atom. The first-order valence-electron chi connectivity index (χ1n) is 8.25. The first-order chi connectivity index (χ1) is 12.4. The fourth-order valence-corrected chi connectivity index (χ4v) is 3.55. The quantitative estimate of drug-likeness (QED) is 0.307. The molecule has 0 spiro atoms. The van der Waals surface area contributed by atoms with E-state index in [9.17, 15) is 35.4 Å². The van der Waals surface area contributed by atoms with Gasteiger partial charge in [-0.05, 0) is 17.9 Å². The first kappa shape index (κ1) is 19.2. The smallest absolute Gasteiger partial charge is 0.339 e. The van der Waals surface area contributed by atoms with Gasteiger partial charge in [-0.3, -0.25) is 0 Å². The molecule has 3 aliphatic rings. The zero-order valence-electron chi connectivity index (χ0n) is 13.7. The van der Waals surface area contributed by atoms with Gasteiger partial charge in [-0.15, -0.1) is 0 Å². The molecule has 0 aromatic rings. The average molecular weight is 374 g/mol. The van der Waals surface area contributed by atoms with Crippen LogP contribution in [0.15, 0.2) is 23.5 Å². The molecule has 10 nitrogen and oxygen atoms in total. The molecule has 3 rings (SSSR count). The summed E-state index contributed by atoms with van der Waals surface area (Å²) in [6.45, 7) is -0.831. The summed E-state index contributed by atoms with van der Waals surface area (Å²) in [7, 11) is 0. The highest BCUT2D eigenvalue weighted by atomic mass is 16.8. The second-order valence-electron chi connectivity index (χ2n) is 6.54. The lowest BCUT2D eigenvalue weighted by molar-refractivity contribution is -0.339. The largest absolute Gasteiger partial charge is 0.478 e. The van der Waals surface area contributed by atoms with E-state index in [4.69, 9.17) is 14.2 Å².